The van der Waals surface area contributed by atoms with E-state index in [1.807, 2.05) is 32.0 Å². The van der Waals surface area contributed by atoms with Crippen molar-refractivity contribution >= 4 is 15.9 Å². The maximum absolute atomic E-state index is 12.9. The molecule has 0 bridgehead atoms. The van der Waals surface area contributed by atoms with E-state index in [0.717, 1.165) is 16.9 Å². The third-order valence-electron chi connectivity index (χ3n) is 5.24. The Morgan fingerprint density at radius 3 is 2.57 bits per heavy atom. The zero-order valence-electron chi connectivity index (χ0n) is 17.6. The Hall–Kier alpha value is -2.42. The van der Waals surface area contributed by atoms with Crippen molar-refractivity contribution in [3.05, 3.63) is 59.2 Å². The first-order chi connectivity index (χ1) is 14.4. The normalized spacial score (nSPS) is 16.1. The number of carbonyl (C=O) groups excluding carboxylic acids is 1. The molecule has 3 rings (SSSR count). The molecule has 1 aliphatic rings. The van der Waals surface area contributed by atoms with E-state index in [1.54, 1.807) is 19.2 Å². The van der Waals surface area contributed by atoms with Gasteiger partial charge in [-0.3, -0.25) is 4.79 Å². The molecule has 0 aromatic heterocycles. The molecule has 162 valence electrons. The summed E-state index contributed by atoms with van der Waals surface area (Å²) in [6, 6.07) is 11.8. The van der Waals surface area contributed by atoms with Gasteiger partial charge in [0.05, 0.1) is 31.3 Å². The molecule has 1 atom stereocenters. The van der Waals surface area contributed by atoms with Crippen molar-refractivity contribution in [1.82, 2.24) is 9.62 Å². The largest absolute Gasteiger partial charge is 0.496 e. The van der Waals surface area contributed by atoms with Crippen LogP contribution in [0.1, 0.15) is 40.9 Å². The van der Waals surface area contributed by atoms with Gasteiger partial charge < -0.3 is 14.8 Å². The smallest absolute Gasteiger partial charge is 0.251 e. The maximum atomic E-state index is 12.9. The Balaban J connectivity index is 1.79. The van der Waals surface area contributed by atoms with Crippen LogP contribution in [0, 0.1) is 6.92 Å². The van der Waals surface area contributed by atoms with E-state index in [1.165, 1.54) is 16.4 Å². The van der Waals surface area contributed by atoms with Crippen LogP contribution < -0.4 is 10.1 Å². The third kappa shape index (κ3) is 4.83. The second kappa shape index (κ2) is 9.59. The first-order valence-corrected chi connectivity index (χ1v) is 11.4. The molecule has 1 fully saturated rings. The second-order valence-electron chi connectivity index (χ2n) is 7.21. The molecule has 2 aromatic rings. The highest BCUT2D eigenvalue weighted by atomic mass is 32.2. The van der Waals surface area contributed by atoms with Crippen LogP contribution in [0.25, 0.3) is 0 Å². The van der Waals surface area contributed by atoms with Crippen LogP contribution in [0.2, 0.25) is 0 Å². The van der Waals surface area contributed by atoms with Gasteiger partial charge in [-0.25, -0.2) is 8.42 Å². The summed E-state index contributed by atoms with van der Waals surface area (Å²) in [4.78, 5) is 13.0. The number of nitrogens with zero attached hydrogens (tertiary/aromatic N) is 1. The predicted molar refractivity (Wildman–Crippen MR) is 114 cm³/mol. The molecule has 7 nitrogen and oxygen atoms in total. The summed E-state index contributed by atoms with van der Waals surface area (Å²) >= 11 is 0. The Labute approximate surface area is 178 Å². The van der Waals surface area contributed by atoms with Crippen LogP contribution in [0.5, 0.6) is 5.75 Å². The number of morpholine rings is 1. The van der Waals surface area contributed by atoms with Gasteiger partial charge in [0.15, 0.2) is 0 Å². The van der Waals surface area contributed by atoms with Crippen LogP contribution in [-0.2, 0) is 14.8 Å². The molecule has 0 unspecified atom stereocenters. The number of hydrogen-bond acceptors (Lipinski definition) is 5. The van der Waals surface area contributed by atoms with Crippen molar-refractivity contribution in [2.75, 3.05) is 33.4 Å². The number of sulfonamides is 1. The van der Waals surface area contributed by atoms with E-state index < -0.39 is 10.0 Å². The Morgan fingerprint density at radius 2 is 1.93 bits per heavy atom. The lowest BCUT2D eigenvalue weighted by Crippen LogP contribution is -2.40. The number of ether oxygens (including phenoxy) is 2. The SMILES string of the molecule is CC[C@H](NC(=O)c1cccc(S(=O)(=O)N2CCOCC2)c1)c1ccc(OC)c(C)c1. The number of carbonyl (C=O) groups is 1. The lowest BCUT2D eigenvalue weighted by Gasteiger charge is -2.26. The number of amides is 1. The Kier molecular flexibility index (Phi) is 7.12. The van der Waals surface area contributed by atoms with Gasteiger partial charge in [-0.2, -0.15) is 4.31 Å². The highest BCUT2D eigenvalue weighted by Crippen LogP contribution is 2.25. The monoisotopic (exact) mass is 432 g/mol. The quantitative estimate of drug-likeness (QED) is 0.727. The summed E-state index contributed by atoms with van der Waals surface area (Å²) in [5, 5.41) is 3.01. The van der Waals surface area contributed by atoms with Gasteiger partial charge in [0.2, 0.25) is 10.0 Å². The van der Waals surface area contributed by atoms with Crippen molar-refractivity contribution in [1.29, 1.82) is 0 Å². The molecule has 1 aliphatic heterocycles. The van der Waals surface area contributed by atoms with E-state index in [9.17, 15) is 13.2 Å². The van der Waals surface area contributed by atoms with Crippen LogP contribution >= 0.6 is 0 Å². The van der Waals surface area contributed by atoms with E-state index in [-0.39, 0.29) is 16.8 Å². The molecular formula is C22H28N2O5S. The highest BCUT2D eigenvalue weighted by molar-refractivity contribution is 7.89. The molecule has 1 amide bonds. The fourth-order valence-corrected chi connectivity index (χ4v) is 4.97. The molecule has 2 aromatic carbocycles. The standard InChI is InChI=1S/C22H28N2O5S/c1-4-20(17-8-9-21(28-3)16(2)14-17)23-22(25)18-6-5-7-19(15-18)30(26,27)24-10-12-29-13-11-24/h5-9,14-15,20H,4,10-13H2,1-3H3,(H,23,25)/t20-/m0/s1. The minimum absolute atomic E-state index is 0.116. The van der Waals surface area contributed by atoms with Crippen LogP contribution in [0.3, 0.4) is 0 Å². The number of hydrogen-bond donors (Lipinski definition) is 1. The molecule has 0 spiro atoms. The molecule has 0 saturated carbocycles. The van der Waals surface area contributed by atoms with Crippen molar-refractivity contribution in [3.8, 4) is 5.75 Å². The molecule has 30 heavy (non-hydrogen) atoms. The van der Waals surface area contributed by atoms with Gasteiger partial charge in [0, 0.05) is 18.7 Å². The zero-order chi connectivity index (χ0) is 21.7. The summed E-state index contributed by atoms with van der Waals surface area (Å²) in [5.41, 5.74) is 2.27. The fourth-order valence-electron chi connectivity index (χ4n) is 3.51. The number of rotatable bonds is 7. The average molecular weight is 433 g/mol. The maximum Gasteiger partial charge on any atom is 0.251 e. The van der Waals surface area contributed by atoms with E-state index in [2.05, 4.69) is 5.32 Å². The molecule has 0 radical (unpaired) electrons. The van der Waals surface area contributed by atoms with Crippen molar-refractivity contribution in [2.24, 2.45) is 0 Å². The number of methoxy groups -OCH3 is 1. The second-order valence-corrected chi connectivity index (χ2v) is 9.15. The van der Waals surface area contributed by atoms with Crippen molar-refractivity contribution < 1.29 is 22.7 Å². The minimum atomic E-state index is -3.66. The summed E-state index contributed by atoms with van der Waals surface area (Å²) in [7, 11) is -2.03. The fraction of sp³-hybridized carbons (Fsp3) is 0.409. The molecular weight excluding hydrogens is 404 g/mol. The van der Waals surface area contributed by atoms with Gasteiger partial charge >= 0.3 is 0 Å². The van der Waals surface area contributed by atoms with Crippen molar-refractivity contribution in [3.63, 3.8) is 0 Å². The topological polar surface area (TPSA) is 84.9 Å². The number of benzene rings is 2. The van der Waals surface area contributed by atoms with Crippen LogP contribution in [-0.4, -0.2) is 52.0 Å². The van der Waals surface area contributed by atoms with E-state index in [0.29, 0.717) is 38.3 Å². The zero-order valence-corrected chi connectivity index (χ0v) is 18.4. The van der Waals surface area contributed by atoms with Crippen LogP contribution in [0.15, 0.2) is 47.4 Å². The molecule has 1 heterocycles. The van der Waals surface area contributed by atoms with Gasteiger partial charge in [-0.1, -0.05) is 25.1 Å². The third-order valence-corrected chi connectivity index (χ3v) is 7.13. The highest BCUT2D eigenvalue weighted by Gasteiger charge is 2.27. The molecule has 1 N–H and O–H groups in total. The van der Waals surface area contributed by atoms with Crippen molar-refractivity contribution in [2.45, 2.75) is 31.2 Å². The lowest BCUT2D eigenvalue weighted by molar-refractivity contribution is 0.0730. The minimum Gasteiger partial charge on any atom is -0.496 e. The Morgan fingerprint density at radius 1 is 1.20 bits per heavy atom. The first-order valence-electron chi connectivity index (χ1n) is 10.00. The molecule has 0 aliphatic carbocycles. The number of nitrogens with one attached hydrogen (secondary N) is 1. The summed E-state index contributed by atoms with van der Waals surface area (Å²) in [6.45, 7) is 5.32. The summed E-state index contributed by atoms with van der Waals surface area (Å²) in [5.74, 6) is 0.482. The number of aryl methyl sites for hydroxylation is 1. The summed E-state index contributed by atoms with van der Waals surface area (Å²) < 4.78 is 37.7. The molecule has 1 saturated heterocycles. The Bertz CT molecular complexity index is 1000. The summed E-state index contributed by atoms with van der Waals surface area (Å²) in [6.07, 6.45) is 0.698. The predicted octanol–water partition coefficient (Wildman–Crippen LogP) is 2.91. The van der Waals surface area contributed by atoms with Gasteiger partial charge in [-0.15, -0.1) is 0 Å². The average Bonchev–Trinajstić information content (AvgIpc) is 2.78. The lowest BCUT2D eigenvalue weighted by atomic mass is 10.0. The van der Waals surface area contributed by atoms with Gasteiger partial charge in [0.1, 0.15) is 5.75 Å². The van der Waals surface area contributed by atoms with E-state index >= 15 is 0 Å². The molecule has 8 heteroatoms. The van der Waals surface area contributed by atoms with Gasteiger partial charge in [-0.05, 0) is 48.7 Å². The van der Waals surface area contributed by atoms with Crippen LogP contribution in [0.4, 0.5) is 0 Å². The first kappa shape index (κ1) is 22.3. The van der Waals surface area contributed by atoms with Gasteiger partial charge in [0.25, 0.3) is 5.91 Å². The van der Waals surface area contributed by atoms with E-state index in [4.69, 9.17) is 9.47 Å².